The summed E-state index contributed by atoms with van der Waals surface area (Å²) in [6, 6.07) is 9.53. The van der Waals surface area contributed by atoms with Gasteiger partial charge in [0.1, 0.15) is 5.69 Å². The highest BCUT2D eigenvalue weighted by atomic mass is 32.2. The largest absolute Gasteiger partial charge is 0.347 e. The van der Waals surface area contributed by atoms with Crippen molar-refractivity contribution in [2.45, 2.75) is 37.6 Å². The van der Waals surface area contributed by atoms with Crippen LogP contribution < -0.4 is 0 Å². The van der Waals surface area contributed by atoms with Crippen molar-refractivity contribution in [2.24, 2.45) is 7.05 Å². The van der Waals surface area contributed by atoms with Crippen LogP contribution in [0, 0.1) is 6.92 Å². The molecule has 1 amide bonds. The molecule has 0 aliphatic carbocycles. The lowest BCUT2D eigenvalue weighted by Gasteiger charge is -2.39. The Bertz CT molecular complexity index is 1000. The molecule has 0 radical (unpaired) electrons. The molecular formula is C21H28N4O3S. The topological polar surface area (TPSA) is 75.5 Å². The molecule has 8 heteroatoms. The molecule has 0 bridgehead atoms. The number of carbonyl (C=O) groups excluding carboxylic acids is 1. The van der Waals surface area contributed by atoms with Gasteiger partial charge in [-0.05, 0) is 44.0 Å². The van der Waals surface area contributed by atoms with Crippen LogP contribution in [0.2, 0.25) is 0 Å². The quantitative estimate of drug-likeness (QED) is 0.760. The molecule has 29 heavy (non-hydrogen) atoms. The number of aryl methyl sites for hydroxylation is 2. The number of hydrogen-bond donors (Lipinski definition) is 0. The molecule has 0 N–H and O–H groups in total. The van der Waals surface area contributed by atoms with Gasteiger partial charge in [0.25, 0.3) is 5.91 Å². The summed E-state index contributed by atoms with van der Waals surface area (Å²) in [5, 5.41) is -0.424. The first-order valence-electron chi connectivity index (χ1n) is 10.1. The SMILES string of the molecule is Cc1cccc(CN2CCS(=O)(=O)[C@@H]3CCN(C(=O)c4cccn4C)CC[C@@H]32)n1. The van der Waals surface area contributed by atoms with E-state index in [4.69, 9.17) is 0 Å². The Kier molecular flexibility index (Phi) is 5.48. The Balaban J connectivity index is 1.55. The average Bonchev–Trinajstić information content (AvgIpc) is 2.96. The van der Waals surface area contributed by atoms with Gasteiger partial charge in [-0.15, -0.1) is 0 Å². The van der Waals surface area contributed by atoms with E-state index in [1.54, 1.807) is 0 Å². The Hall–Kier alpha value is -2.19. The number of carbonyl (C=O) groups is 1. The molecule has 2 aromatic heterocycles. The number of hydrogen-bond acceptors (Lipinski definition) is 5. The molecule has 0 unspecified atom stereocenters. The van der Waals surface area contributed by atoms with Crippen LogP contribution in [0.4, 0.5) is 0 Å². The molecule has 0 spiro atoms. The maximum absolute atomic E-state index is 12.9. The molecule has 0 aromatic carbocycles. The van der Waals surface area contributed by atoms with Crippen molar-refractivity contribution in [2.75, 3.05) is 25.4 Å². The Labute approximate surface area is 172 Å². The number of amides is 1. The van der Waals surface area contributed by atoms with Crippen molar-refractivity contribution >= 4 is 15.7 Å². The van der Waals surface area contributed by atoms with E-state index in [9.17, 15) is 13.2 Å². The lowest BCUT2D eigenvalue weighted by atomic mass is 10.1. The summed E-state index contributed by atoms with van der Waals surface area (Å²) < 4.78 is 27.5. The molecule has 7 nitrogen and oxygen atoms in total. The molecule has 0 saturated carbocycles. The maximum atomic E-state index is 12.9. The molecule has 2 atom stereocenters. The second kappa shape index (κ2) is 7.91. The van der Waals surface area contributed by atoms with E-state index in [2.05, 4.69) is 9.88 Å². The van der Waals surface area contributed by atoms with E-state index in [1.165, 1.54) is 0 Å². The first-order valence-corrected chi connectivity index (χ1v) is 11.9. The summed E-state index contributed by atoms with van der Waals surface area (Å²) in [4.78, 5) is 21.6. The third kappa shape index (κ3) is 4.09. The second-order valence-corrected chi connectivity index (χ2v) is 10.4. The average molecular weight is 417 g/mol. The molecule has 2 saturated heterocycles. The monoisotopic (exact) mass is 416 g/mol. The predicted molar refractivity (Wildman–Crippen MR) is 111 cm³/mol. The van der Waals surface area contributed by atoms with Crippen LogP contribution >= 0.6 is 0 Å². The summed E-state index contributed by atoms with van der Waals surface area (Å²) in [5.41, 5.74) is 2.56. The van der Waals surface area contributed by atoms with Gasteiger partial charge in [-0.1, -0.05) is 6.07 Å². The molecule has 2 aromatic rings. The van der Waals surface area contributed by atoms with Gasteiger partial charge in [0.05, 0.1) is 16.7 Å². The van der Waals surface area contributed by atoms with Crippen LogP contribution in [-0.4, -0.2) is 70.4 Å². The van der Waals surface area contributed by atoms with Gasteiger partial charge >= 0.3 is 0 Å². The fraction of sp³-hybridized carbons (Fsp3) is 0.524. The minimum atomic E-state index is -3.16. The summed E-state index contributed by atoms with van der Waals surface area (Å²) in [6.07, 6.45) is 3.00. The van der Waals surface area contributed by atoms with Gasteiger partial charge in [0.2, 0.25) is 0 Å². The zero-order valence-corrected chi connectivity index (χ0v) is 17.8. The number of fused-ring (bicyclic) bond motifs is 1. The highest BCUT2D eigenvalue weighted by molar-refractivity contribution is 7.92. The third-order valence-electron chi connectivity index (χ3n) is 6.16. The van der Waals surface area contributed by atoms with E-state index in [1.807, 2.05) is 60.0 Å². The van der Waals surface area contributed by atoms with Crippen LogP contribution in [0.15, 0.2) is 36.5 Å². The van der Waals surface area contributed by atoms with Crippen LogP contribution in [0.3, 0.4) is 0 Å². The lowest BCUT2D eigenvalue weighted by molar-refractivity contribution is 0.0746. The first kappa shape index (κ1) is 20.1. The predicted octanol–water partition coefficient (Wildman–Crippen LogP) is 1.63. The summed E-state index contributed by atoms with van der Waals surface area (Å²) in [6.45, 7) is 4.17. The van der Waals surface area contributed by atoms with Gasteiger partial charge in [0.15, 0.2) is 9.84 Å². The van der Waals surface area contributed by atoms with Gasteiger partial charge < -0.3 is 9.47 Å². The first-order chi connectivity index (χ1) is 13.8. The minimum absolute atomic E-state index is 0.0274. The molecule has 4 rings (SSSR count). The Morgan fingerprint density at radius 3 is 2.66 bits per heavy atom. The van der Waals surface area contributed by atoms with Crippen molar-refractivity contribution in [1.29, 1.82) is 0 Å². The zero-order chi connectivity index (χ0) is 20.6. The Morgan fingerprint density at radius 2 is 1.93 bits per heavy atom. The number of nitrogens with zero attached hydrogens (tertiary/aromatic N) is 4. The van der Waals surface area contributed by atoms with Crippen molar-refractivity contribution < 1.29 is 13.2 Å². The summed E-state index contributed by atoms with van der Waals surface area (Å²) in [5.74, 6) is 0.145. The standard InChI is InChI=1S/C21H28N4O3S/c1-16-5-3-6-17(22-16)15-25-13-14-29(27,28)20-9-12-24(11-8-18(20)25)21(26)19-7-4-10-23(19)2/h3-7,10,18,20H,8-9,11-15H2,1-2H3/t18-,20+/m0/s1. The van der Waals surface area contributed by atoms with Crippen molar-refractivity contribution in [1.82, 2.24) is 19.4 Å². The second-order valence-electron chi connectivity index (χ2n) is 8.09. The molecule has 4 heterocycles. The summed E-state index contributed by atoms with van der Waals surface area (Å²) >= 11 is 0. The van der Waals surface area contributed by atoms with Crippen LogP contribution in [0.25, 0.3) is 0 Å². The highest BCUT2D eigenvalue weighted by Gasteiger charge is 2.43. The van der Waals surface area contributed by atoms with Crippen LogP contribution in [0.5, 0.6) is 0 Å². The van der Waals surface area contributed by atoms with E-state index < -0.39 is 15.1 Å². The molecule has 2 aliphatic heterocycles. The summed E-state index contributed by atoms with van der Waals surface area (Å²) in [7, 11) is -1.30. The number of pyridine rings is 1. The van der Waals surface area contributed by atoms with Crippen LogP contribution in [0.1, 0.15) is 34.7 Å². The van der Waals surface area contributed by atoms with E-state index in [-0.39, 0.29) is 17.7 Å². The van der Waals surface area contributed by atoms with E-state index >= 15 is 0 Å². The Morgan fingerprint density at radius 1 is 1.14 bits per heavy atom. The number of aromatic nitrogens is 2. The van der Waals surface area contributed by atoms with E-state index in [0.717, 1.165) is 11.4 Å². The van der Waals surface area contributed by atoms with Gasteiger partial charge in [0, 0.05) is 51.2 Å². The van der Waals surface area contributed by atoms with Crippen LogP contribution in [-0.2, 0) is 23.4 Å². The van der Waals surface area contributed by atoms with Gasteiger partial charge in [-0.2, -0.15) is 0 Å². The van der Waals surface area contributed by atoms with Gasteiger partial charge in [-0.25, -0.2) is 8.42 Å². The molecule has 2 aliphatic rings. The number of sulfone groups is 1. The number of likely N-dealkylation sites (tertiary alicyclic amines) is 1. The maximum Gasteiger partial charge on any atom is 0.270 e. The van der Waals surface area contributed by atoms with E-state index in [0.29, 0.717) is 44.7 Å². The fourth-order valence-corrected chi connectivity index (χ4v) is 6.64. The third-order valence-corrected chi connectivity index (χ3v) is 8.39. The van der Waals surface area contributed by atoms with Crippen molar-refractivity contribution in [3.05, 3.63) is 53.6 Å². The fourth-order valence-electron chi connectivity index (χ4n) is 4.60. The smallest absolute Gasteiger partial charge is 0.270 e. The number of rotatable bonds is 3. The highest BCUT2D eigenvalue weighted by Crippen LogP contribution is 2.29. The lowest BCUT2D eigenvalue weighted by Crippen LogP contribution is -2.54. The minimum Gasteiger partial charge on any atom is -0.347 e. The van der Waals surface area contributed by atoms with Gasteiger partial charge in [-0.3, -0.25) is 14.7 Å². The van der Waals surface area contributed by atoms with Crippen molar-refractivity contribution in [3.63, 3.8) is 0 Å². The zero-order valence-electron chi connectivity index (χ0n) is 17.0. The molecular weight excluding hydrogens is 388 g/mol. The van der Waals surface area contributed by atoms with Crippen molar-refractivity contribution in [3.8, 4) is 0 Å². The molecule has 156 valence electrons. The normalized spacial score (nSPS) is 24.7. The molecule has 2 fully saturated rings.